The molecule has 0 bridgehead atoms. The van der Waals surface area contributed by atoms with Gasteiger partial charge in [-0.1, -0.05) is 0 Å². The Morgan fingerprint density at radius 1 is 1.55 bits per heavy atom. The molecule has 1 heterocycles. The van der Waals surface area contributed by atoms with Crippen molar-refractivity contribution in [3.8, 4) is 0 Å². The monoisotopic (exact) mass is 153 g/mol. The van der Waals surface area contributed by atoms with Gasteiger partial charge in [-0.15, -0.1) is 0 Å². The normalized spacial score (nSPS) is 16.8. The van der Waals surface area contributed by atoms with E-state index in [0.29, 0.717) is 11.5 Å². The van der Waals surface area contributed by atoms with Crippen LogP contribution in [0.5, 0.6) is 0 Å². The lowest BCUT2D eigenvalue weighted by molar-refractivity contribution is 0.617. The highest BCUT2D eigenvalue weighted by Gasteiger charge is 2.26. The van der Waals surface area contributed by atoms with Gasteiger partial charge in [-0.3, -0.25) is 4.79 Å². The fourth-order valence-electron chi connectivity index (χ4n) is 1.17. The van der Waals surface area contributed by atoms with Gasteiger partial charge in [0.15, 0.2) is 0 Å². The van der Waals surface area contributed by atoms with Crippen molar-refractivity contribution in [2.45, 2.75) is 18.8 Å². The molecule has 0 unspecified atom stereocenters. The SMILES string of the molecule is O=c1[nH]cc(F)cc1C1CC1. The predicted octanol–water partition coefficient (Wildman–Crippen LogP) is 1.39. The summed E-state index contributed by atoms with van der Waals surface area (Å²) < 4.78 is 12.6. The molecule has 0 spiro atoms. The molecule has 0 saturated heterocycles. The number of nitrogens with one attached hydrogen (secondary N) is 1. The quantitative estimate of drug-likeness (QED) is 0.649. The molecule has 3 heteroatoms. The Bertz CT molecular complexity index is 327. The molecule has 11 heavy (non-hydrogen) atoms. The summed E-state index contributed by atoms with van der Waals surface area (Å²) in [5.74, 6) is -0.0408. The molecule has 0 atom stereocenters. The molecule has 0 aromatic carbocycles. The highest BCUT2D eigenvalue weighted by Crippen LogP contribution is 2.38. The molecule has 1 N–H and O–H groups in total. The lowest BCUT2D eigenvalue weighted by Crippen LogP contribution is -2.10. The van der Waals surface area contributed by atoms with Gasteiger partial charge in [0.1, 0.15) is 5.82 Å². The van der Waals surface area contributed by atoms with Gasteiger partial charge >= 0.3 is 0 Å². The summed E-state index contributed by atoms with van der Waals surface area (Å²) in [5.41, 5.74) is 0.457. The van der Waals surface area contributed by atoms with Gasteiger partial charge in [-0.2, -0.15) is 0 Å². The molecule has 1 saturated carbocycles. The van der Waals surface area contributed by atoms with Crippen LogP contribution in [0.4, 0.5) is 4.39 Å². The van der Waals surface area contributed by atoms with E-state index in [0.717, 1.165) is 19.0 Å². The molecule has 1 aromatic heterocycles. The van der Waals surface area contributed by atoms with Crippen LogP contribution in [0.3, 0.4) is 0 Å². The molecular weight excluding hydrogens is 145 g/mol. The second-order valence-corrected chi connectivity index (χ2v) is 2.88. The Kier molecular flexibility index (Phi) is 1.31. The van der Waals surface area contributed by atoms with Crippen molar-refractivity contribution in [1.29, 1.82) is 0 Å². The number of rotatable bonds is 1. The standard InChI is InChI=1S/C8H8FNO/c9-6-3-7(5-1-2-5)8(11)10-4-6/h3-5H,1-2H2,(H,10,11). The number of hydrogen-bond acceptors (Lipinski definition) is 1. The van der Waals surface area contributed by atoms with E-state index < -0.39 is 0 Å². The molecule has 0 aliphatic heterocycles. The number of aromatic nitrogens is 1. The largest absolute Gasteiger partial charge is 0.326 e. The van der Waals surface area contributed by atoms with Crippen LogP contribution in [-0.4, -0.2) is 4.98 Å². The van der Waals surface area contributed by atoms with Crippen molar-refractivity contribution in [2.24, 2.45) is 0 Å². The molecule has 1 aliphatic rings. The molecule has 1 aromatic rings. The minimum atomic E-state index is -0.355. The van der Waals surface area contributed by atoms with E-state index >= 15 is 0 Å². The summed E-state index contributed by atoms with van der Waals surface area (Å²) in [6.07, 6.45) is 3.13. The fourth-order valence-corrected chi connectivity index (χ4v) is 1.17. The Labute approximate surface area is 63.1 Å². The van der Waals surface area contributed by atoms with Crippen LogP contribution in [0.15, 0.2) is 17.1 Å². The van der Waals surface area contributed by atoms with Crippen LogP contribution < -0.4 is 5.56 Å². The highest BCUT2D eigenvalue weighted by atomic mass is 19.1. The third-order valence-corrected chi connectivity index (χ3v) is 1.91. The maximum atomic E-state index is 12.6. The zero-order valence-electron chi connectivity index (χ0n) is 5.93. The van der Waals surface area contributed by atoms with E-state index in [1.165, 1.54) is 6.07 Å². The van der Waals surface area contributed by atoms with Crippen molar-refractivity contribution in [1.82, 2.24) is 4.98 Å². The smallest absolute Gasteiger partial charge is 0.251 e. The molecule has 2 rings (SSSR count). The number of hydrogen-bond donors (Lipinski definition) is 1. The van der Waals surface area contributed by atoms with Gasteiger partial charge < -0.3 is 4.98 Å². The van der Waals surface area contributed by atoms with Crippen molar-refractivity contribution in [2.75, 3.05) is 0 Å². The van der Waals surface area contributed by atoms with Gasteiger partial charge in [0, 0.05) is 11.8 Å². The van der Waals surface area contributed by atoms with Crippen molar-refractivity contribution in [3.05, 3.63) is 34.0 Å². The Morgan fingerprint density at radius 2 is 2.27 bits per heavy atom. The zero-order chi connectivity index (χ0) is 7.84. The van der Waals surface area contributed by atoms with Crippen LogP contribution in [0.2, 0.25) is 0 Å². The van der Waals surface area contributed by atoms with Gasteiger partial charge in [0.2, 0.25) is 0 Å². The van der Waals surface area contributed by atoms with Gasteiger partial charge in [-0.25, -0.2) is 4.39 Å². The van der Waals surface area contributed by atoms with E-state index in [1.54, 1.807) is 0 Å². The Balaban J connectivity index is 2.51. The first kappa shape index (κ1) is 6.58. The average molecular weight is 153 g/mol. The highest BCUT2D eigenvalue weighted by molar-refractivity contribution is 5.20. The summed E-state index contributed by atoms with van der Waals surface area (Å²) in [4.78, 5) is 13.4. The molecule has 1 fully saturated rings. The topological polar surface area (TPSA) is 32.9 Å². The maximum absolute atomic E-state index is 12.6. The van der Waals surface area contributed by atoms with Crippen molar-refractivity contribution in [3.63, 3.8) is 0 Å². The second-order valence-electron chi connectivity index (χ2n) is 2.88. The molecule has 1 aliphatic carbocycles. The number of aromatic amines is 1. The van der Waals surface area contributed by atoms with E-state index in [2.05, 4.69) is 4.98 Å². The minimum Gasteiger partial charge on any atom is -0.326 e. The maximum Gasteiger partial charge on any atom is 0.251 e. The third-order valence-electron chi connectivity index (χ3n) is 1.91. The summed E-state index contributed by atoms with van der Waals surface area (Å²) in [7, 11) is 0. The summed E-state index contributed by atoms with van der Waals surface area (Å²) in [6, 6.07) is 1.33. The lowest BCUT2D eigenvalue weighted by atomic mass is 10.2. The van der Waals surface area contributed by atoms with Crippen LogP contribution in [-0.2, 0) is 0 Å². The van der Waals surface area contributed by atoms with Crippen LogP contribution in [0.1, 0.15) is 24.3 Å². The first-order chi connectivity index (χ1) is 5.27. The number of halogens is 1. The third kappa shape index (κ3) is 1.18. The fraction of sp³-hybridized carbons (Fsp3) is 0.375. The molecule has 0 radical (unpaired) electrons. The molecule has 2 nitrogen and oxygen atoms in total. The van der Waals surface area contributed by atoms with Gasteiger partial charge in [0.25, 0.3) is 5.56 Å². The first-order valence-corrected chi connectivity index (χ1v) is 3.65. The predicted molar refractivity (Wildman–Crippen MR) is 39.0 cm³/mol. The van der Waals surface area contributed by atoms with E-state index in [-0.39, 0.29) is 11.4 Å². The zero-order valence-corrected chi connectivity index (χ0v) is 5.93. The van der Waals surface area contributed by atoms with E-state index in [4.69, 9.17) is 0 Å². The Hall–Kier alpha value is -1.12. The number of H-pyrrole nitrogens is 1. The lowest BCUT2D eigenvalue weighted by Gasteiger charge is -1.94. The summed E-state index contributed by atoms with van der Waals surface area (Å²) in [5, 5.41) is 0. The first-order valence-electron chi connectivity index (χ1n) is 3.65. The van der Waals surface area contributed by atoms with Crippen molar-refractivity contribution < 1.29 is 4.39 Å². The van der Waals surface area contributed by atoms with Gasteiger partial charge in [0.05, 0.1) is 0 Å². The van der Waals surface area contributed by atoms with Crippen LogP contribution in [0.25, 0.3) is 0 Å². The molecule has 0 amide bonds. The van der Waals surface area contributed by atoms with E-state index in [9.17, 15) is 9.18 Å². The number of pyridine rings is 1. The Morgan fingerprint density at radius 3 is 2.91 bits per heavy atom. The van der Waals surface area contributed by atoms with Crippen molar-refractivity contribution >= 4 is 0 Å². The van der Waals surface area contributed by atoms with Gasteiger partial charge in [-0.05, 0) is 24.8 Å². The van der Waals surface area contributed by atoms with Crippen LogP contribution >= 0.6 is 0 Å². The molecule has 58 valence electrons. The molecular formula is C8H8FNO. The average Bonchev–Trinajstić information content (AvgIpc) is 2.76. The van der Waals surface area contributed by atoms with Crippen LogP contribution in [0, 0.1) is 5.82 Å². The summed E-state index contributed by atoms with van der Waals surface area (Å²) >= 11 is 0. The second kappa shape index (κ2) is 2.19. The van der Waals surface area contributed by atoms with E-state index in [1.807, 2.05) is 0 Å². The minimum absolute atomic E-state index is 0.145. The summed E-state index contributed by atoms with van der Waals surface area (Å²) in [6.45, 7) is 0.